The zero-order valence-electron chi connectivity index (χ0n) is 11.9. The molecule has 4 N–H and O–H groups in total. The lowest BCUT2D eigenvalue weighted by Crippen LogP contribution is -2.30. The van der Waals surface area contributed by atoms with Crippen molar-refractivity contribution in [2.45, 2.75) is 45.3 Å². The van der Waals surface area contributed by atoms with Crippen LogP contribution in [0.2, 0.25) is 5.28 Å². The second-order valence-electron chi connectivity index (χ2n) is 4.39. The van der Waals surface area contributed by atoms with Gasteiger partial charge in [0.2, 0.25) is 5.28 Å². The number of aliphatic hydroxyl groups is 2. The van der Waals surface area contributed by atoms with Gasteiger partial charge in [0.25, 0.3) is 0 Å². The molecule has 4 unspecified atom stereocenters. The van der Waals surface area contributed by atoms with Crippen molar-refractivity contribution in [2.24, 2.45) is 0 Å². The number of hydrogen-bond acceptors (Lipinski definition) is 7. The summed E-state index contributed by atoms with van der Waals surface area (Å²) in [7, 11) is 0. The molecule has 0 aliphatic carbocycles. The van der Waals surface area contributed by atoms with E-state index >= 15 is 0 Å². The molecule has 0 amide bonds. The predicted molar refractivity (Wildman–Crippen MR) is 77.7 cm³/mol. The SMILES string of the molecule is CC.CC1OC(n2c(Cl)nc3c(N)ncnc32)C(O)C1O. The van der Waals surface area contributed by atoms with E-state index in [1.54, 1.807) is 6.92 Å². The Morgan fingerprint density at radius 3 is 2.52 bits per heavy atom. The number of aromatic nitrogens is 4. The molecule has 3 rings (SSSR count). The maximum absolute atomic E-state index is 10.00. The standard InChI is InChI=1S/C10H12ClN5O3.C2H6/c1-3-5(17)6(18)9(19-3)16-8-4(15-10(16)11)7(12)13-2-14-8;1-2/h2-3,5-6,9,17-18H,1H3,(H2,12,13,14);1-2H3. The van der Waals surface area contributed by atoms with Crippen molar-refractivity contribution in [3.05, 3.63) is 11.6 Å². The summed E-state index contributed by atoms with van der Waals surface area (Å²) < 4.78 is 6.89. The molecule has 4 atom stereocenters. The lowest BCUT2D eigenvalue weighted by molar-refractivity contribution is -0.0297. The van der Waals surface area contributed by atoms with E-state index in [1.165, 1.54) is 10.9 Å². The quantitative estimate of drug-likeness (QED) is 0.663. The number of anilines is 1. The van der Waals surface area contributed by atoms with Gasteiger partial charge >= 0.3 is 0 Å². The Morgan fingerprint density at radius 2 is 1.95 bits per heavy atom. The zero-order valence-corrected chi connectivity index (χ0v) is 12.7. The third kappa shape index (κ3) is 2.55. The number of nitrogen functional groups attached to an aromatic ring is 1. The number of imidazole rings is 1. The Morgan fingerprint density at radius 1 is 1.29 bits per heavy atom. The average Bonchev–Trinajstić information content (AvgIpc) is 2.94. The van der Waals surface area contributed by atoms with Crippen molar-refractivity contribution >= 4 is 28.6 Å². The Kier molecular flexibility index (Phi) is 4.62. The Labute approximate surface area is 126 Å². The summed E-state index contributed by atoms with van der Waals surface area (Å²) >= 11 is 6.04. The zero-order chi connectivity index (χ0) is 15.7. The molecule has 1 saturated heterocycles. The fraction of sp³-hybridized carbons (Fsp3) is 0.583. The largest absolute Gasteiger partial charge is 0.388 e. The number of hydrogen-bond donors (Lipinski definition) is 3. The smallest absolute Gasteiger partial charge is 0.207 e. The molecule has 8 nitrogen and oxygen atoms in total. The number of ether oxygens (including phenoxy) is 1. The Balaban J connectivity index is 0.000000774. The molecule has 0 saturated carbocycles. The second-order valence-corrected chi connectivity index (χ2v) is 4.73. The van der Waals surface area contributed by atoms with Gasteiger partial charge in [-0.15, -0.1) is 0 Å². The molecule has 3 heterocycles. The minimum atomic E-state index is -1.12. The molecule has 1 aliphatic rings. The van der Waals surface area contributed by atoms with Crippen LogP contribution in [0.15, 0.2) is 6.33 Å². The highest BCUT2D eigenvalue weighted by molar-refractivity contribution is 6.29. The van der Waals surface area contributed by atoms with Crippen LogP contribution in [0, 0.1) is 0 Å². The van der Waals surface area contributed by atoms with Gasteiger partial charge < -0.3 is 20.7 Å². The lowest BCUT2D eigenvalue weighted by atomic mass is 10.1. The van der Waals surface area contributed by atoms with Crippen molar-refractivity contribution in [3.8, 4) is 0 Å². The van der Waals surface area contributed by atoms with E-state index in [4.69, 9.17) is 22.1 Å². The molecule has 1 fully saturated rings. The number of fused-ring (bicyclic) bond motifs is 1. The van der Waals surface area contributed by atoms with Gasteiger partial charge in [0.15, 0.2) is 23.2 Å². The van der Waals surface area contributed by atoms with E-state index in [1.807, 2.05) is 13.8 Å². The third-order valence-electron chi connectivity index (χ3n) is 3.19. The van der Waals surface area contributed by atoms with E-state index in [9.17, 15) is 10.2 Å². The molecule has 21 heavy (non-hydrogen) atoms. The topological polar surface area (TPSA) is 119 Å². The first-order valence-electron chi connectivity index (χ1n) is 6.66. The summed E-state index contributed by atoms with van der Waals surface area (Å²) in [6, 6.07) is 0. The molecule has 1 aliphatic heterocycles. The molecule has 0 aromatic carbocycles. The lowest BCUT2D eigenvalue weighted by Gasteiger charge is -2.17. The van der Waals surface area contributed by atoms with Crippen LogP contribution in [0.25, 0.3) is 11.2 Å². The van der Waals surface area contributed by atoms with Gasteiger partial charge in [-0.3, -0.25) is 4.57 Å². The van der Waals surface area contributed by atoms with Crippen molar-refractivity contribution in [3.63, 3.8) is 0 Å². The van der Waals surface area contributed by atoms with Crippen LogP contribution in [0.3, 0.4) is 0 Å². The number of aliphatic hydroxyl groups excluding tert-OH is 2. The fourth-order valence-electron chi connectivity index (χ4n) is 2.17. The average molecular weight is 316 g/mol. The number of nitrogens with zero attached hydrogens (tertiary/aromatic N) is 4. The number of nitrogens with two attached hydrogens (primary N) is 1. The van der Waals surface area contributed by atoms with Gasteiger partial charge in [0.05, 0.1) is 6.10 Å². The van der Waals surface area contributed by atoms with Crippen LogP contribution in [-0.2, 0) is 4.74 Å². The number of halogens is 1. The summed E-state index contributed by atoms with van der Waals surface area (Å²) in [5, 5.41) is 19.8. The molecule has 9 heteroatoms. The van der Waals surface area contributed by atoms with Gasteiger partial charge in [0.1, 0.15) is 18.5 Å². The van der Waals surface area contributed by atoms with Crippen LogP contribution in [0.5, 0.6) is 0 Å². The van der Waals surface area contributed by atoms with Crippen LogP contribution in [-0.4, -0.2) is 48.0 Å². The molecule has 2 aromatic rings. The summed E-state index contributed by atoms with van der Waals surface area (Å²) in [4.78, 5) is 11.9. The van der Waals surface area contributed by atoms with E-state index in [2.05, 4.69) is 15.0 Å². The Bertz CT molecular complexity index is 635. The summed E-state index contributed by atoms with van der Waals surface area (Å²) in [6.07, 6.45) is -2.24. The van der Waals surface area contributed by atoms with Crippen molar-refractivity contribution < 1.29 is 14.9 Å². The summed E-state index contributed by atoms with van der Waals surface area (Å²) in [5.41, 5.74) is 6.37. The first-order valence-corrected chi connectivity index (χ1v) is 7.04. The second kappa shape index (κ2) is 6.10. The van der Waals surface area contributed by atoms with Crippen molar-refractivity contribution in [1.29, 1.82) is 0 Å². The van der Waals surface area contributed by atoms with Gasteiger partial charge in [0, 0.05) is 0 Å². The normalized spacial score (nSPS) is 28.5. The molecule has 0 bridgehead atoms. The third-order valence-corrected chi connectivity index (χ3v) is 3.46. The van der Waals surface area contributed by atoms with E-state index < -0.39 is 24.5 Å². The van der Waals surface area contributed by atoms with Gasteiger partial charge in [-0.25, -0.2) is 15.0 Å². The van der Waals surface area contributed by atoms with E-state index in [0.29, 0.717) is 11.2 Å². The molecule has 0 spiro atoms. The summed E-state index contributed by atoms with van der Waals surface area (Å²) in [6.45, 7) is 5.66. The molecule has 0 radical (unpaired) electrons. The maximum Gasteiger partial charge on any atom is 0.207 e. The van der Waals surface area contributed by atoms with Gasteiger partial charge in [-0.05, 0) is 18.5 Å². The first kappa shape index (κ1) is 15.9. The summed E-state index contributed by atoms with van der Waals surface area (Å²) in [5.74, 6) is 0.187. The maximum atomic E-state index is 10.00. The molecular formula is C12H18ClN5O3. The number of rotatable bonds is 1. The highest BCUT2D eigenvalue weighted by Crippen LogP contribution is 2.34. The predicted octanol–water partition coefficient (Wildman–Crippen LogP) is 0.727. The molecule has 2 aromatic heterocycles. The fourth-order valence-corrected chi connectivity index (χ4v) is 2.43. The van der Waals surface area contributed by atoms with Crippen LogP contribution >= 0.6 is 11.6 Å². The van der Waals surface area contributed by atoms with Crippen LogP contribution in [0.4, 0.5) is 5.82 Å². The first-order chi connectivity index (χ1) is 10.0. The molecular weight excluding hydrogens is 298 g/mol. The van der Waals surface area contributed by atoms with Crippen LogP contribution in [0.1, 0.15) is 27.0 Å². The van der Waals surface area contributed by atoms with Crippen molar-refractivity contribution in [1.82, 2.24) is 19.5 Å². The monoisotopic (exact) mass is 315 g/mol. The minimum Gasteiger partial charge on any atom is -0.388 e. The highest BCUT2D eigenvalue weighted by atomic mass is 35.5. The van der Waals surface area contributed by atoms with Crippen LogP contribution < -0.4 is 5.73 Å². The Hall–Kier alpha value is -1.48. The van der Waals surface area contributed by atoms with Gasteiger partial charge in [-0.2, -0.15) is 0 Å². The highest BCUT2D eigenvalue weighted by Gasteiger charge is 2.43. The van der Waals surface area contributed by atoms with Crippen molar-refractivity contribution in [2.75, 3.05) is 5.73 Å². The molecule has 116 valence electrons. The van der Waals surface area contributed by atoms with E-state index in [-0.39, 0.29) is 11.1 Å². The minimum absolute atomic E-state index is 0.0625. The van der Waals surface area contributed by atoms with Gasteiger partial charge in [-0.1, -0.05) is 13.8 Å². The van der Waals surface area contributed by atoms with E-state index in [0.717, 1.165) is 0 Å².